The number of nitrogens with one attached hydrogen (secondary N) is 1. The van der Waals surface area contributed by atoms with Crippen molar-refractivity contribution >= 4 is 38.9 Å². The number of amides is 1. The van der Waals surface area contributed by atoms with Crippen molar-refractivity contribution in [2.75, 3.05) is 17.2 Å². The van der Waals surface area contributed by atoms with Gasteiger partial charge < -0.3 is 15.4 Å². The summed E-state index contributed by atoms with van der Waals surface area (Å²) in [6, 6.07) is 7.31. The SMILES string of the molecule is CC1=CC(C)(C)N(c2nc(-c3cc(F)cc(OCC(C)C)c3)ccc2C(=O)NS(=O)(=O)c2nc(N)cs2)C=C1. The number of thiazole rings is 1. The first-order valence-corrected chi connectivity index (χ1v) is 14.5. The highest BCUT2D eigenvalue weighted by atomic mass is 32.2. The van der Waals surface area contributed by atoms with Gasteiger partial charge in [-0.2, -0.15) is 8.42 Å². The third kappa shape index (κ3) is 6.45. The van der Waals surface area contributed by atoms with Crippen LogP contribution in [0.2, 0.25) is 0 Å². The fourth-order valence-corrected chi connectivity index (χ4v) is 5.92. The van der Waals surface area contributed by atoms with Crippen LogP contribution in [0.5, 0.6) is 5.75 Å². The minimum absolute atomic E-state index is 0.00483. The molecule has 3 aromatic rings. The fraction of sp³-hybridized carbons (Fsp3) is 0.296. The molecule has 206 valence electrons. The Morgan fingerprint density at radius 2 is 1.97 bits per heavy atom. The van der Waals surface area contributed by atoms with Gasteiger partial charge in [0, 0.05) is 23.2 Å². The van der Waals surface area contributed by atoms with Gasteiger partial charge in [0.25, 0.3) is 15.9 Å². The monoisotopic (exact) mass is 571 g/mol. The quantitative estimate of drug-likeness (QED) is 0.381. The van der Waals surface area contributed by atoms with Crippen LogP contribution in [0, 0.1) is 11.7 Å². The molecule has 0 radical (unpaired) electrons. The number of ether oxygens (including phenoxy) is 1. The van der Waals surface area contributed by atoms with Crippen LogP contribution in [-0.4, -0.2) is 36.4 Å². The van der Waals surface area contributed by atoms with Crippen LogP contribution in [-0.2, 0) is 10.0 Å². The van der Waals surface area contributed by atoms with E-state index in [0.29, 0.717) is 23.6 Å². The molecule has 3 N–H and O–H groups in total. The number of pyridine rings is 1. The zero-order valence-electron chi connectivity index (χ0n) is 22.2. The largest absolute Gasteiger partial charge is 0.493 e. The molecule has 0 saturated carbocycles. The van der Waals surface area contributed by atoms with Crippen LogP contribution in [0.4, 0.5) is 16.0 Å². The molecule has 12 heteroatoms. The van der Waals surface area contributed by atoms with E-state index in [1.165, 1.54) is 29.6 Å². The van der Waals surface area contributed by atoms with E-state index in [0.717, 1.165) is 16.9 Å². The predicted octanol–water partition coefficient (Wildman–Crippen LogP) is 5.14. The number of halogens is 1. The number of benzene rings is 1. The summed E-state index contributed by atoms with van der Waals surface area (Å²) in [5.41, 5.74) is 6.79. The molecule has 1 aliphatic rings. The Balaban J connectivity index is 1.79. The number of hydrogen-bond acceptors (Lipinski definition) is 9. The van der Waals surface area contributed by atoms with E-state index in [1.807, 2.05) is 46.8 Å². The van der Waals surface area contributed by atoms with Gasteiger partial charge in [0.15, 0.2) is 0 Å². The highest BCUT2D eigenvalue weighted by Gasteiger charge is 2.32. The Kier molecular flexibility index (Phi) is 7.80. The van der Waals surface area contributed by atoms with Crippen molar-refractivity contribution in [2.24, 2.45) is 5.92 Å². The Hall–Kier alpha value is -3.77. The van der Waals surface area contributed by atoms with Crippen LogP contribution >= 0.6 is 11.3 Å². The standard InChI is InChI=1S/C27H30FN5O4S2/c1-16(2)14-37-20-11-18(10-19(28)12-20)22-7-6-21(24(30-22)33-9-8-17(3)13-27(33,4)5)25(34)32-39(35,36)26-31-23(29)15-38-26/h6-13,15-16H,14,29H2,1-5H3,(H,32,34). The highest BCUT2D eigenvalue weighted by Crippen LogP contribution is 2.34. The van der Waals surface area contributed by atoms with Crippen LogP contribution in [0.1, 0.15) is 45.0 Å². The highest BCUT2D eigenvalue weighted by molar-refractivity contribution is 7.92. The summed E-state index contributed by atoms with van der Waals surface area (Å²) < 4.78 is 47.6. The van der Waals surface area contributed by atoms with Crippen LogP contribution in [0.3, 0.4) is 0 Å². The van der Waals surface area contributed by atoms with Crippen LogP contribution < -0.4 is 20.1 Å². The molecule has 4 rings (SSSR count). The van der Waals surface area contributed by atoms with E-state index in [4.69, 9.17) is 15.5 Å². The van der Waals surface area contributed by atoms with E-state index in [2.05, 4.69) is 9.71 Å². The number of carbonyl (C=O) groups is 1. The molecule has 2 aromatic heterocycles. The maximum absolute atomic E-state index is 14.5. The molecule has 0 saturated heterocycles. The number of allylic oxidation sites excluding steroid dienone is 2. The maximum atomic E-state index is 14.5. The number of aromatic nitrogens is 2. The van der Waals surface area contributed by atoms with Crippen molar-refractivity contribution in [1.82, 2.24) is 14.7 Å². The molecule has 0 atom stereocenters. The van der Waals surface area contributed by atoms with Crippen molar-refractivity contribution in [3.63, 3.8) is 0 Å². The lowest BCUT2D eigenvalue weighted by Crippen LogP contribution is -2.42. The molecule has 9 nitrogen and oxygen atoms in total. The first-order chi connectivity index (χ1) is 18.2. The summed E-state index contributed by atoms with van der Waals surface area (Å²) in [6.07, 6.45) is 5.63. The minimum atomic E-state index is -4.27. The fourth-order valence-electron chi connectivity index (χ4n) is 4.04. The van der Waals surface area contributed by atoms with Crippen molar-refractivity contribution in [1.29, 1.82) is 0 Å². The number of hydrogen-bond donors (Lipinski definition) is 2. The minimum Gasteiger partial charge on any atom is -0.493 e. The number of nitrogens with zero attached hydrogens (tertiary/aromatic N) is 3. The van der Waals surface area contributed by atoms with Gasteiger partial charge in [-0.3, -0.25) is 4.79 Å². The van der Waals surface area contributed by atoms with Crippen molar-refractivity contribution in [3.05, 3.63) is 71.0 Å². The Morgan fingerprint density at radius 1 is 1.23 bits per heavy atom. The number of rotatable bonds is 8. The summed E-state index contributed by atoms with van der Waals surface area (Å²) in [5.74, 6) is -0.558. The third-order valence-electron chi connectivity index (χ3n) is 5.74. The molecule has 3 heterocycles. The Morgan fingerprint density at radius 3 is 2.62 bits per heavy atom. The van der Waals surface area contributed by atoms with Crippen molar-refractivity contribution in [3.8, 4) is 17.0 Å². The van der Waals surface area contributed by atoms with Gasteiger partial charge >= 0.3 is 0 Å². The van der Waals surface area contributed by atoms with E-state index in [9.17, 15) is 17.6 Å². The lowest BCUT2D eigenvalue weighted by atomic mass is 9.95. The molecule has 0 unspecified atom stereocenters. The summed E-state index contributed by atoms with van der Waals surface area (Å²) >= 11 is 0.803. The molecule has 1 aliphatic heterocycles. The third-order valence-corrected chi connectivity index (χ3v) is 8.35. The summed E-state index contributed by atoms with van der Waals surface area (Å²) in [4.78, 5) is 23.6. The number of nitrogen functional groups attached to an aromatic ring is 1. The lowest BCUT2D eigenvalue weighted by molar-refractivity contribution is 0.0981. The van der Waals surface area contributed by atoms with Crippen LogP contribution in [0.25, 0.3) is 11.3 Å². The molecule has 0 aliphatic carbocycles. The van der Waals surface area contributed by atoms with Gasteiger partial charge in [-0.25, -0.2) is 19.1 Å². The summed E-state index contributed by atoms with van der Waals surface area (Å²) in [6.45, 7) is 10.2. The first-order valence-electron chi connectivity index (χ1n) is 12.1. The van der Waals surface area contributed by atoms with Crippen molar-refractivity contribution < 1.29 is 22.3 Å². The normalized spacial score (nSPS) is 14.8. The summed E-state index contributed by atoms with van der Waals surface area (Å²) in [5, 5.41) is 1.37. The molecule has 39 heavy (non-hydrogen) atoms. The van der Waals surface area contributed by atoms with Gasteiger partial charge in [-0.1, -0.05) is 25.5 Å². The molecule has 1 amide bonds. The van der Waals surface area contributed by atoms with E-state index in [1.54, 1.807) is 17.2 Å². The molecule has 1 aromatic carbocycles. The predicted molar refractivity (Wildman–Crippen MR) is 151 cm³/mol. The maximum Gasteiger partial charge on any atom is 0.291 e. The Bertz CT molecular complexity index is 1580. The second-order valence-electron chi connectivity index (χ2n) is 10.1. The average Bonchev–Trinajstić information content (AvgIpc) is 3.28. The Labute approximate surface area is 231 Å². The van der Waals surface area contributed by atoms with Crippen molar-refractivity contribution in [2.45, 2.75) is 44.5 Å². The number of carbonyl (C=O) groups excluding carboxylic acids is 1. The molecule has 0 spiro atoms. The van der Waals surface area contributed by atoms with Gasteiger partial charge in [-0.15, -0.1) is 11.3 Å². The summed E-state index contributed by atoms with van der Waals surface area (Å²) in [7, 11) is -4.27. The zero-order chi connectivity index (χ0) is 28.5. The van der Waals surface area contributed by atoms with Gasteiger partial charge in [-0.05, 0) is 57.0 Å². The van der Waals surface area contributed by atoms with Crippen LogP contribution in [0.15, 0.2) is 64.0 Å². The van der Waals surface area contributed by atoms with E-state index >= 15 is 0 Å². The molecule has 0 fully saturated rings. The molecular formula is C27H30FN5O4S2. The number of sulfonamides is 1. The number of nitrogens with two attached hydrogens (primary N) is 1. The number of anilines is 2. The van der Waals surface area contributed by atoms with Gasteiger partial charge in [0.1, 0.15) is 23.2 Å². The topological polar surface area (TPSA) is 128 Å². The van der Waals surface area contributed by atoms with E-state index < -0.39 is 27.3 Å². The first kappa shape index (κ1) is 28.2. The average molecular weight is 572 g/mol. The van der Waals surface area contributed by atoms with Gasteiger partial charge in [0.2, 0.25) is 4.34 Å². The molecule has 0 bridgehead atoms. The van der Waals surface area contributed by atoms with E-state index in [-0.39, 0.29) is 27.5 Å². The lowest BCUT2D eigenvalue weighted by Gasteiger charge is -2.38. The van der Waals surface area contributed by atoms with Gasteiger partial charge in [0.05, 0.1) is 23.4 Å². The molecular weight excluding hydrogens is 541 g/mol. The second kappa shape index (κ2) is 10.8. The smallest absolute Gasteiger partial charge is 0.291 e. The second-order valence-corrected chi connectivity index (χ2v) is 12.9. The zero-order valence-corrected chi connectivity index (χ0v) is 23.9.